The highest BCUT2D eigenvalue weighted by Crippen LogP contribution is 2.25. The number of carbonyl (C=O) groups excluding carboxylic acids is 3. The summed E-state index contributed by atoms with van der Waals surface area (Å²) in [4.78, 5) is 51.9. The van der Waals surface area contributed by atoms with E-state index in [-0.39, 0.29) is 17.5 Å². The lowest BCUT2D eigenvalue weighted by Gasteiger charge is -2.30. The highest BCUT2D eigenvalue weighted by molar-refractivity contribution is 5.98. The molecule has 1 aliphatic heterocycles. The summed E-state index contributed by atoms with van der Waals surface area (Å²) in [6.07, 6.45) is 5.43. The Hall–Kier alpha value is -4.14. The van der Waals surface area contributed by atoms with Crippen LogP contribution < -0.4 is 5.32 Å². The highest BCUT2D eigenvalue weighted by Gasteiger charge is 2.25. The van der Waals surface area contributed by atoms with Crippen molar-refractivity contribution in [3.8, 4) is 0 Å². The van der Waals surface area contributed by atoms with Crippen LogP contribution in [-0.4, -0.2) is 51.3 Å². The second kappa shape index (κ2) is 9.78. The first-order valence-electron chi connectivity index (χ1n) is 10.9. The number of nitrogens with zero attached hydrogens (tertiary/aromatic N) is 4. The summed E-state index contributed by atoms with van der Waals surface area (Å²) >= 11 is 0. The molecule has 1 N–H and O–H groups in total. The number of aryl methyl sites for hydroxylation is 2. The second-order valence-corrected chi connectivity index (χ2v) is 8.10. The van der Waals surface area contributed by atoms with E-state index < -0.39 is 5.97 Å². The zero-order chi connectivity index (χ0) is 24.2. The van der Waals surface area contributed by atoms with Gasteiger partial charge < -0.3 is 15.0 Å². The largest absolute Gasteiger partial charge is 0.465 e. The summed E-state index contributed by atoms with van der Waals surface area (Å²) in [5.41, 5.74) is 5.57. The molecule has 4 rings (SSSR count). The maximum atomic E-state index is 13.1. The Morgan fingerprint density at radius 3 is 2.59 bits per heavy atom. The summed E-state index contributed by atoms with van der Waals surface area (Å²) in [5.74, 6) is -0.950. The van der Waals surface area contributed by atoms with Crippen molar-refractivity contribution in [2.45, 2.75) is 33.4 Å². The van der Waals surface area contributed by atoms with Crippen LogP contribution in [0.5, 0.6) is 0 Å². The van der Waals surface area contributed by atoms with E-state index in [1.54, 1.807) is 41.6 Å². The molecule has 174 valence electrons. The number of hydrogen-bond acceptors (Lipinski definition) is 7. The standard InChI is InChI=1S/C25H25N5O4/c1-15-10-28-22(13-26-15)23(31)29-12-21-16(2)27-11-19-14-30(8-7-20(19)21)24(32)17-5-4-6-18(9-17)25(33)34-3/h4-6,9-11,13H,7-8,12,14H2,1-3H3,(H,29,31). The number of hydrogen-bond donors (Lipinski definition) is 1. The fraction of sp³-hybridized carbons (Fsp3) is 0.280. The predicted octanol–water partition coefficient (Wildman–Crippen LogP) is 2.40. The maximum absolute atomic E-state index is 13.1. The van der Waals surface area contributed by atoms with Gasteiger partial charge in [-0.3, -0.25) is 19.6 Å². The lowest BCUT2D eigenvalue weighted by Crippen LogP contribution is -2.37. The van der Waals surface area contributed by atoms with Gasteiger partial charge in [0, 0.05) is 43.3 Å². The predicted molar refractivity (Wildman–Crippen MR) is 123 cm³/mol. The minimum atomic E-state index is -0.485. The molecular weight excluding hydrogens is 434 g/mol. The van der Waals surface area contributed by atoms with E-state index in [4.69, 9.17) is 4.74 Å². The van der Waals surface area contributed by atoms with Gasteiger partial charge in [-0.05, 0) is 55.2 Å². The van der Waals surface area contributed by atoms with Gasteiger partial charge in [0.1, 0.15) is 5.69 Å². The van der Waals surface area contributed by atoms with Crippen molar-refractivity contribution in [2.24, 2.45) is 0 Å². The molecule has 0 spiro atoms. The van der Waals surface area contributed by atoms with Crippen LogP contribution in [0.2, 0.25) is 0 Å². The zero-order valence-electron chi connectivity index (χ0n) is 19.3. The van der Waals surface area contributed by atoms with Crippen LogP contribution in [0.15, 0.2) is 42.9 Å². The topological polar surface area (TPSA) is 114 Å². The molecule has 3 aromatic rings. The number of pyridine rings is 1. The smallest absolute Gasteiger partial charge is 0.337 e. The van der Waals surface area contributed by atoms with Gasteiger partial charge in [0.2, 0.25) is 0 Å². The molecule has 0 saturated carbocycles. The molecule has 2 amide bonds. The molecule has 0 bridgehead atoms. The fourth-order valence-electron chi connectivity index (χ4n) is 3.98. The molecule has 1 aliphatic rings. The maximum Gasteiger partial charge on any atom is 0.337 e. The molecule has 0 radical (unpaired) electrons. The number of benzene rings is 1. The minimum absolute atomic E-state index is 0.162. The Balaban J connectivity index is 1.49. The van der Waals surface area contributed by atoms with Crippen molar-refractivity contribution < 1.29 is 19.1 Å². The average Bonchev–Trinajstić information content (AvgIpc) is 2.87. The van der Waals surface area contributed by atoms with E-state index in [9.17, 15) is 14.4 Å². The lowest BCUT2D eigenvalue weighted by molar-refractivity contribution is 0.0600. The Bertz CT molecular complexity index is 1260. The summed E-state index contributed by atoms with van der Waals surface area (Å²) in [7, 11) is 1.31. The summed E-state index contributed by atoms with van der Waals surface area (Å²) in [6, 6.07) is 6.52. The van der Waals surface area contributed by atoms with E-state index in [1.807, 2.05) is 13.8 Å². The Labute approximate surface area is 197 Å². The Morgan fingerprint density at radius 1 is 1.06 bits per heavy atom. The third-order valence-electron chi connectivity index (χ3n) is 5.85. The second-order valence-electron chi connectivity index (χ2n) is 8.10. The molecule has 1 aromatic carbocycles. The Kier molecular flexibility index (Phi) is 6.62. The minimum Gasteiger partial charge on any atom is -0.465 e. The molecule has 0 aliphatic carbocycles. The fourth-order valence-corrected chi connectivity index (χ4v) is 3.98. The SMILES string of the molecule is COC(=O)c1cccc(C(=O)N2CCc3c(cnc(C)c3CNC(=O)c3cnc(C)cn3)C2)c1. The molecule has 9 heteroatoms. The van der Waals surface area contributed by atoms with Crippen molar-refractivity contribution in [1.82, 2.24) is 25.2 Å². The van der Waals surface area contributed by atoms with Crippen molar-refractivity contribution in [3.05, 3.63) is 87.8 Å². The number of amides is 2. The van der Waals surface area contributed by atoms with Crippen LogP contribution >= 0.6 is 0 Å². The van der Waals surface area contributed by atoms with Crippen molar-refractivity contribution in [1.29, 1.82) is 0 Å². The first-order chi connectivity index (χ1) is 16.4. The molecule has 0 unspecified atom stereocenters. The Morgan fingerprint density at radius 2 is 1.85 bits per heavy atom. The number of fused-ring (bicyclic) bond motifs is 1. The van der Waals surface area contributed by atoms with Crippen LogP contribution in [0.25, 0.3) is 0 Å². The van der Waals surface area contributed by atoms with E-state index >= 15 is 0 Å². The number of esters is 1. The van der Waals surface area contributed by atoms with Gasteiger partial charge in [-0.15, -0.1) is 0 Å². The normalized spacial score (nSPS) is 12.6. The summed E-state index contributed by atoms with van der Waals surface area (Å²) in [6.45, 7) is 4.94. The van der Waals surface area contributed by atoms with Crippen molar-refractivity contribution >= 4 is 17.8 Å². The van der Waals surface area contributed by atoms with E-state index in [0.717, 1.165) is 28.1 Å². The van der Waals surface area contributed by atoms with Crippen LogP contribution in [0.1, 0.15) is 59.3 Å². The molecular formula is C25H25N5O4. The van der Waals surface area contributed by atoms with Gasteiger partial charge in [0.05, 0.1) is 24.6 Å². The third-order valence-corrected chi connectivity index (χ3v) is 5.85. The van der Waals surface area contributed by atoms with Gasteiger partial charge in [0.25, 0.3) is 11.8 Å². The zero-order valence-corrected chi connectivity index (χ0v) is 19.3. The first-order valence-corrected chi connectivity index (χ1v) is 10.9. The van der Waals surface area contributed by atoms with Crippen LogP contribution in [0.4, 0.5) is 0 Å². The van der Waals surface area contributed by atoms with Gasteiger partial charge in [-0.1, -0.05) is 6.07 Å². The van der Waals surface area contributed by atoms with Gasteiger partial charge >= 0.3 is 5.97 Å². The van der Waals surface area contributed by atoms with E-state index in [0.29, 0.717) is 37.2 Å². The van der Waals surface area contributed by atoms with Crippen LogP contribution in [0, 0.1) is 13.8 Å². The molecule has 2 aromatic heterocycles. The lowest BCUT2D eigenvalue weighted by atomic mass is 9.94. The van der Waals surface area contributed by atoms with E-state index in [1.165, 1.54) is 13.3 Å². The number of carbonyl (C=O) groups is 3. The summed E-state index contributed by atoms with van der Waals surface area (Å²) in [5, 5.41) is 2.90. The van der Waals surface area contributed by atoms with Gasteiger partial charge in [-0.25, -0.2) is 9.78 Å². The quantitative estimate of drug-likeness (QED) is 0.583. The molecule has 9 nitrogen and oxygen atoms in total. The van der Waals surface area contributed by atoms with E-state index in [2.05, 4.69) is 20.3 Å². The molecule has 0 atom stereocenters. The number of rotatable bonds is 5. The van der Waals surface area contributed by atoms with Gasteiger partial charge in [-0.2, -0.15) is 0 Å². The molecule has 0 saturated heterocycles. The number of ether oxygens (including phenoxy) is 1. The molecule has 0 fully saturated rings. The van der Waals surface area contributed by atoms with Crippen molar-refractivity contribution in [3.63, 3.8) is 0 Å². The third kappa shape index (κ3) is 4.78. The number of nitrogens with one attached hydrogen (secondary N) is 1. The average molecular weight is 460 g/mol. The van der Waals surface area contributed by atoms with Crippen LogP contribution in [0.3, 0.4) is 0 Å². The first kappa shape index (κ1) is 23.0. The monoisotopic (exact) mass is 459 g/mol. The van der Waals surface area contributed by atoms with Crippen LogP contribution in [-0.2, 0) is 24.2 Å². The molecule has 34 heavy (non-hydrogen) atoms. The highest BCUT2D eigenvalue weighted by atomic mass is 16.5. The number of aromatic nitrogens is 3. The molecule has 3 heterocycles. The summed E-state index contributed by atoms with van der Waals surface area (Å²) < 4.78 is 4.75. The van der Waals surface area contributed by atoms with Crippen molar-refractivity contribution in [2.75, 3.05) is 13.7 Å². The van der Waals surface area contributed by atoms with Gasteiger partial charge in [0.15, 0.2) is 0 Å². The number of methoxy groups -OCH3 is 1.